The molecule has 0 bridgehead atoms. The molecule has 1 aromatic heterocycles. The van der Waals surface area contributed by atoms with Gasteiger partial charge in [-0.1, -0.05) is 25.0 Å². The van der Waals surface area contributed by atoms with Crippen LogP contribution in [0.5, 0.6) is 11.5 Å². The molecule has 0 radical (unpaired) electrons. The van der Waals surface area contributed by atoms with Gasteiger partial charge < -0.3 is 19.4 Å². The van der Waals surface area contributed by atoms with Crippen molar-refractivity contribution in [2.45, 2.75) is 51.6 Å². The number of benzene rings is 2. The van der Waals surface area contributed by atoms with Crippen LogP contribution in [0.25, 0.3) is 10.9 Å². The molecule has 2 amide bonds. The van der Waals surface area contributed by atoms with Crippen molar-refractivity contribution in [3.63, 3.8) is 0 Å². The molecule has 174 valence electrons. The topological polar surface area (TPSA) is 57.8 Å². The van der Waals surface area contributed by atoms with Crippen LogP contribution in [-0.4, -0.2) is 42.2 Å². The number of carbonyl (C=O) groups excluding carboxylic acids is 1. The van der Waals surface area contributed by atoms with E-state index < -0.39 is 0 Å². The Balaban J connectivity index is 1.33. The molecule has 1 saturated carbocycles. The highest BCUT2D eigenvalue weighted by atomic mass is 16.5. The van der Waals surface area contributed by atoms with E-state index in [1.807, 2.05) is 40.3 Å². The number of fused-ring (bicyclic) bond motifs is 1. The average Bonchev–Trinajstić information content (AvgIpc) is 3.53. The van der Waals surface area contributed by atoms with Crippen molar-refractivity contribution in [2.75, 3.05) is 25.2 Å². The monoisotopic (exact) mass is 447 g/mol. The van der Waals surface area contributed by atoms with E-state index in [9.17, 15) is 4.79 Å². The normalized spacial score (nSPS) is 18.7. The van der Waals surface area contributed by atoms with Gasteiger partial charge >= 0.3 is 6.03 Å². The molecule has 1 saturated heterocycles. The Morgan fingerprint density at radius 2 is 1.97 bits per heavy atom. The first-order valence-corrected chi connectivity index (χ1v) is 12.1. The summed E-state index contributed by atoms with van der Waals surface area (Å²) in [7, 11) is 1.66. The van der Waals surface area contributed by atoms with Crippen molar-refractivity contribution in [2.24, 2.45) is 5.92 Å². The van der Waals surface area contributed by atoms with Crippen molar-refractivity contribution >= 4 is 22.6 Å². The smallest absolute Gasteiger partial charge is 0.325 e. The van der Waals surface area contributed by atoms with Gasteiger partial charge in [-0.25, -0.2) is 4.79 Å². The fourth-order valence-electron chi connectivity index (χ4n) is 4.75. The third-order valence-electron chi connectivity index (χ3n) is 6.98. The van der Waals surface area contributed by atoms with E-state index in [2.05, 4.69) is 30.1 Å². The maximum atomic E-state index is 13.6. The Morgan fingerprint density at radius 3 is 2.79 bits per heavy atom. The van der Waals surface area contributed by atoms with Gasteiger partial charge in [0.05, 0.1) is 13.7 Å². The van der Waals surface area contributed by atoms with Crippen LogP contribution in [0, 0.1) is 5.92 Å². The third kappa shape index (κ3) is 4.65. The average molecular weight is 448 g/mol. The molecule has 33 heavy (non-hydrogen) atoms. The van der Waals surface area contributed by atoms with Gasteiger partial charge in [-0.3, -0.25) is 4.90 Å². The summed E-state index contributed by atoms with van der Waals surface area (Å²) in [5, 5.41) is 1.17. The lowest BCUT2D eigenvalue weighted by molar-refractivity contribution is 0.166. The minimum Gasteiger partial charge on any atom is -0.493 e. The number of ether oxygens (including phenoxy) is 2. The van der Waals surface area contributed by atoms with Crippen LogP contribution in [0.3, 0.4) is 0 Å². The van der Waals surface area contributed by atoms with Crippen LogP contribution in [0.2, 0.25) is 0 Å². The molecule has 1 atom stereocenters. The molecule has 3 aromatic rings. The fourth-order valence-corrected chi connectivity index (χ4v) is 4.75. The maximum absolute atomic E-state index is 13.6. The molecule has 6 nitrogen and oxygen atoms in total. The zero-order valence-electron chi connectivity index (χ0n) is 19.5. The Labute approximate surface area is 195 Å². The quantitative estimate of drug-likeness (QED) is 0.411. The molecule has 6 heteroatoms. The van der Waals surface area contributed by atoms with E-state index in [1.54, 1.807) is 7.11 Å². The van der Waals surface area contributed by atoms with E-state index in [1.165, 1.54) is 24.6 Å². The number of urea groups is 1. The minimum atomic E-state index is 0.0335. The predicted molar refractivity (Wildman–Crippen MR) is 131 cm³/mol. The first-order valence-electron chi connectivity index (χ1n) is 12.1. The minimum absolute atomic E-state index is 0.0335. The molecule has 2 aromatic carbocycles. The van der Waals surface area contributed by atoms with Crippen LogP contribution in [0.4, 0.5) is 10.5 Å². The molecule has 2 heterocycles. The van der Waals surface area contributed by atoms with E-state index >= 15 is 0 Å². The molecular formula is C27H33N3O3. The standard InChI is InChI=1S/C27H33N3O3/c1-19-13-15-29(27(31)30(19)18-21-6-3-7-24-23(21)12-14-28-24)22-10-11-25(32-2)26(17-22)33-16-4-5-20-8-9-20/h3,6-7,10-12,14,17,19-20,28H,4-5,8-9,13,15-16,18H2,1-2H3/t19-/m0/s1. The van der Waals surface area contributed by atoms with Crippen molar-refractivity contribution in [3.8, 4) is 11.5 Å². The van der Waals surface area contributed by atoms with E-state index in [0.29, 0.717) is 31.2 Å². The molecular weight excluding hydrogens is 414 g/mol. The number of nitrogens with one attached hydrogen (secondary N) is 1. The molecule has 2 aliphatic rings. The first kappa shape index (κ1) is 21.7. The van der Waals surface area contributed by atoms with E-state index in [4.69, 9.17) is 9.47 Å². The molecule has 2 fully saturated rings. The Hall–Kier alpha value is -3.15. The zero-order valence-corrected chi connectivity index (χ0v) is 19.5. The summed E-state index contributed by atoms with van der Waals surface area (Å²) >= 11 is 0. The lowest BCUT2D eigenvalue weighted by Crippen LogP contribution is -2.53. The fraction of sp³-hybridized carbons (Fsp3) is 0.444. The van der Waals surface area contributed by atoms with Gasteiger partial charge in [0.15, 0.2) is 11.5 Å². The number of anilines is 1. The Bertz CT molecular complexity index is 1120. The second kappa shape index (κ2) is 9.38. The maximum Gasteiger partial charge on any atom is 0.325 e. The number of carbonyl (C=O) groups is 1. The van der Waals surface area contributed by atoms with Gasteiger partial charge in [-0.15, -0.1) is 0 Å². The van der Waals surface area contributed by atoms with Crippen molar-refractivity contribution in [3.05, 3.63) is 54.2 Å². The SMILES string of the molecule is COc1ccc(N2CC[C@H](C)N(Cc3cccc4[nH]ccc34)C2=O)cc1OCCCC1CC1. The molecule has 5 rings (SSSR count). The highest BCUT2D eigenvalue weighted by Gasteiger charge is 2.32. The highest BCUT2D eigenvalue weighted by Crippen LogP contribution is 2.36. The highest BCUT2D eigenvalue weighted by molar-refractivity contribution is 5.94. The van der Waals surface area contributed by atoms with E-state index in [0.717, 1.165) is 35.5 Å². The van der Waals surface area contributed by atoms with E-state index in [-0.39, 0.29) is 12.1 Å². The van der Waals surface area contributed by atoms with Crippen LogP contribution in [0.15, 0.2) is 48.7 Å². The van der Waals surface area contributed by atoms with Crippen molar-refractivity contribution in [1.82, 2.24) is 9.88 Å². The summed E-state index contributed by atoms with van der Waals surface area (Å²) in [6, 6.07) is 14.3. The zero-order chi connectivity index (χ0) is 22.8. The van der Waals surface area contributed by atoms with Crippen LogP contribution < -0.4 is 14.4 Å². The second-order valence-electron chi connectivity index (χ2n) is 9.33. The second-order valence-corrected chi connectivity index (χ2v) is 9.33. The third-order valence-corrected chi connectivity index (χ3v) is 6.98. The number of nitrogens with zero attached hydrogens (tertiary/aromatic N) is 2. The van der Waals surface area contributed by atoms with Gasteiger partial charge in [0.2, 0.25) is 0 Å². The van der Waals surface area contributed by atoms with Crippen LogP contribution >= 0.6 is 0 Å². The summed E-state index contributed by atoms with van der Waals surface area (Å²) in [5.41, 5.74) is 3.11. The number of methoxy groups -OCH3 is 1. The number of hydrogen-bond acceptors (Lipinski definition) is 3. The summed E-state index contributed by atoms with van der Waals surface area (Å²) in [6.45, 7) is 4.09. The molecule has 1 aliphatic carbocycles. The number of aromatic amines is 1. The van der Waals surface area contributed by atoms with Gasteiger partial charge in [0, 0.05) is 48.0 Å². The first-order chi connectivity index (χ1) is 16.1. The van der Waals surface area contributed by atoms with Crippen molar-refractivity contribution in [1.29, 1.82) is 0 Å². The molecule has 0 unspecified atom stereocenters. The summed E-state index contributed by atoms with van der Waals surface area (Å²) in [4.78, 5) is 20.7. The van der Waals surface area contributed by atoms with Gasteiger partial charge in [0.1, 0.15) is 0 Å². The number of amides is 2. The lowest BCUT2D eigenvalue weighted by atomic mass is 10.1. The molecule has 1 aliphatic heterocycles. The summed E-state index contributed by atoms with van der Waals surface area (Å²) in [6.07, 6.45) is 7.88. The van der Waals surface area contributed by atoms with Crippen LogP contribution in [0.1, 0.15) is 44.6 Å². The lowest BCUT2D eigenvalue weighted by Gasteiger charge is -2.40. The largest absolute Gasteiger partial charge is 0.493 e. The summed E-state index contributed by atoms with van der Waals surface area (Å²) in [5.74, 6) is 2.32. The predicted octanol–water partition coefficient (Wildman–Crippen LogP) is 5.97. The number of aromatic nitrogens is 1. The molecule has 1 N–H and O–H groups in total. The van der Waals surface area contributed by atoms with Crippen LogP contribution in [-0.2, 0) is 6.54 Å². The Morgan fingerprint density at radius 1 is 1.09 bits per heavy atom. The number of rotatable bonds is 9. The van der Waals surface area contributed by atoms with Gasteiger partial charge in [-0.05, 0) is 61.9 Å². The van der Waals surface area contributed by atoms with Gasteiger partial charge in [0.25, 0.3) is 0 Å². The summed E-state index contributed by atoms with van der Waals surface area (Å²) < 4.78 is 11.6. The number of H-pyrrole nitrogens is 1. The number of hydrogen-bond donors (Lipinski definition) is 1. The van der Waals surface area contributed by atoms with Gasteiger partial charge in [-0.2, -0.15) is 0 Å². The van der Waals surface area contributed by atoms with Crippen molar-refractivity contribution < 1.29 is 14.3 Å². The molecule has 0 spiro atoms. The Kier molecular flexibility index (Phi) is 6.16.